The summed E-state index contributed by atoms with van der Waals surface area (Å²) in [5, 5.41) is 7.07. The number of aromatic nitrogens is 2. The Bertz CT molecular complexity index is 3490. The highest BCUT2D eigenvalue weighted by Gasteiger charge is 2.22. The minimum Gasteiger partial charge on any atom is -0.453 e. The minimum atomic E-state index is 0.884. The van der Waals surface area contributed by atoms with Crippen molar-refractivity contribution in [3.8, 4) is 44.8 Å². The van der Waals surface area contributed by atoms with E-state index < -0.39 is 0 Å². The van der Waals surface area contributed by atoms with Crippen molar-refractivity contribution in [2.45, 2.75) is 0 Å². The zero-order valence-electron chi connectivity index (χ0n) is 30.9. The van der Waals surface area contributed by atoms with Crippen molar-refractivity contribution in [2.24, 2.45) is 0 Å². The number of para-hydroxylation sites is 4. The molecule has 266 valence electrons. The molecule has 0 N–H and O–H groups in total. The van der Waals surface area contributed by atoms with Crippen molar-refractivity contribution in [3.63, 3.8) is 0 Å². The molecule has 57 heavy (non-hydrogen) atoms. The molecule has 0 saturated carbocycles. The van der Waals surface area contributed by atoms with Crippen LogP contribution in [0.15, 0.2) is 211 Å². The molecule has 3 heterocycles. The fourth-order valence-corrected chi connectivity index (χ4v) is 9.11. The third kappa shape index (κ3) is 4.86. The van der Waals surface area contributed by atoms with E-state index in [-0.39, 0.29) is 0 Å². The molecule has 0 unspecified atom stereocenters. The van der Waals surface area contributed by atoms with Crippen LogP contribution in [0.3, 0.4) is 0 Å². The second-order valence-corrected chi connectivity index (χ2v) is 14.9. The van der Waals surface area contributed by atoms with E-state index in [1.54, 1.807) is 0 Å². The van der Waals surface area contributed by atoms with Crippen LogP contribution in [0.2, 0.25) is 0 Å². The lowest BCUT2D eigenvalue weighted by molar-refractivity contribution is 0.667. The Labute approximate surface area is 328 Å². The summed E-state index contributed by atoms with van der Waals surface area (Å²) in [4.78, 5) is 0. The minimum absolute atomic E-state index is 0.884. The average molecular weight is 727 g/mol. The van der Waals surface area contributed by atoms with Gasteiger partial charge in [0.2, 0.25) is 0 Å². The highest BCUT2D eigenvalue weighted by atomic mass is 16.3. The van der Waals surface area contributed by atoms with Crippen LogP contribution in [0.5, 0.6) is 0 Å². The highest BCUT2D eigenvalue weighted by Crippen LogP contribution is 2.43. The molecule has 0 amide bonds. The van der Waals surface area contributed by atoms with Gasteiger partial charge in [-0.05, 0) is 70.3 Å². The predicted molar refractivity (Wildman–Crippen MR) is 239 cm³/mol. The number of hydrogen-bond acceptors (Lipinski definition) is 1. The fourth-order valence-electron chi connectivity index (χ4n) is 9.11. The first-order valence-electron chi connectivity index (χ1n) is 19.5. The lowest BCUT2D eigenvalue weighted by atomic mass is 10.00. The summed E-state index contributed by atoms with van der Waals surface area (Å²) < 4.78 is 11.8. The monoisotopic (exact) mass is 726 g/mol. The Morgan fingerprint density at radius 2 is 0.772 bits per heavy atom. The van der Waals surface area contributed by atoms with Crippen molar-refractivity contribution in [1.82, 2.24) is 9.13 Å². The molecule has 0 saturated heterocycles. The van der Waals surface area contributed by atoms with Gasteiger partial charge in [-0.1, -0.05) is 164 Å². The van der Waals surface area contributed by atoms with E-state index in [2.05, 4.69) is 215 Å². The number of fused-ring (bicyclic) bond motifs is 9. The molecule has 0 bridgehead atoms. The molecule has 0 fully saturated rings. The zero-order chi connectivity index (χ0) is 37.5. The first-order chi connectivity index (χ1) is 28.3. The Balaban J connectivity index is 1.07. The topological polar surface area (TPSA) is 23.0 Å². The lowest BCUT2D eigenvalue weighted by Crippen LogP contribution is -1.95. The Morgan fingerprint density at radius 1 is 0.281 bits per heavy atom. The van der Waals surface area contributed by atoms with Crippen molar-refractivity contribution in [1.29, 1.82) is 0 Å². The van der Waals surface area contributed by atoms with Gasteiger partial charge in [-0.25, -0.2) is 0 Å². The average Bonchev–Trinajstić information content (AvgIpc) is 3.94. The molecule has 0 spiro atoms. The van der Waals surface area contributed by atoms with Gasteiger partial charge in [-0.2, -0.15) is 0 Å². The lowest BCUT2D eigenvalue weighted by Gasteiger charge is -2.11. The van der Waals surface area contributed by atoms with Gasteiger partial charge < -0.3 is 13.6 Å². The van der Waals surface area contributed by atoms with Crippen LogP contribution in [0.1, 0.15) is 0 Å². The largest absolute Gasteiger partial charge is 0.453 e. The smallest absolute Gasteiger partial charge is 0.159 e. The number of benzene rings is 9. The van der Waals surface area contributed by atoms with Gasteiger partial charge in [0.05, 0.1) is 27.8 Å². The Kier molecular flexibility index (Phi) is 6.93. The van der Waals surface area contributed by atoms with Crippen LogP contribution in [0.25, 0.3) is 110 Å². The summed E-state index contributed by atoms with van der Waals surface area (Å²) in [5.41, 5.74) is 15.7. The Morgan fingerprint density at radius 3 is 1.47 bits per heavy atom. The second kappa shape index (κ2) is 12.5. The molecule has 0 aliphatic carbocycles. The third-order valence-corrected chi connectivity index (χ3v) is 11.7. The maximum Gasteiger partial charge on any atom is 0.159 e. The summed E-state index contributed by atoms with van der Waals surface area (Å²) in [5.74, 6) is 0. The fraction of sp³-hybridized carbons (Fsp3) is 0. The van der Waals surface area contributed by atoms with Crippen LogP contribution in [-0.4, -0.2) is 9.13 Å². The van der Waals surface area contributed by atoms with E-state index >= 15 is 0 Å². The van der Waals surface area contributed by atoms with Gasteiger partial charge in [-0.3, -0.25) is 0 Å². The van der Waals surface area contributed by atoms with Crippen molar-refractivity contribution >= 4 is 65.6 Å². The molecule has 0 atom stereocenters. The van der Waals surface area contributed by atoms with Crippen LogP contribution in [0, 0.1) is 0 Å². The number of nitrogens with zero attached hydrogens (tertiary/aromatic N) is 2. The summed E-state index contributed by atoms with van der Waals surface area (Å²) in [7, 11) is 0. The van der Waals surface area contributed by atoms with Gasteiger partial charge >= 0.3 is 0 Å². The van der Waals surface area contributed by atoms with Gasteiger partial charge in [-0.15, -0.1) is 0 Å². The zero-order valence-corrected chi connectivity index (χ0v) is 30.9. The molecule has 0 aliphatic heterocycles. The number of furan rings is 1. The normalized spacial score (nSPS) is 11.9. The van der Waals surface area contributed by atoms with Crippen molar-refractivity contribution in [3.05, 3.63) is 206 Å². The van der Waals surface area contributed by atoms with Gasteiger partial charge in [0.15, 0.2) is 5.58 Å². The molecule has 0 radical (unpaired) electrons. The SMILES string of the molecule is c1ccc(-c2ccc(-c3cccc(-n4c5ccccc5c5cc6c(cc54)c4ccccc4n6-c4cccc5c4oc4c(-c6ccccc6)cccc45)c3)cc2)cc1. The van der Waals surface area contributed by atoms with Gasteiger partial charge in [0.1, 0.15) is 5.58 Å². The molecular formula is C54H34N2O. The number of rotatable bonds is 5. The van der Waals surface area contributed by atoms with Crippen molar-refractivity contribution in [2.75, 3.05) is 0 Å². The standard InChI is InChI=1S/C54H34N2O/c1-3-14-35(15-4-1)36-28-30-37(31-29-36)39-18-11-19-40(32-39)55-48-25-9-7-20-42(48)46-34-52-47(33-51(46)55)43-21-8-10-26-49(43)56(52)50-27-13-24-45-44-23-12-22-41(53(44)57-54(45)50)38-16-5-2-6-17-38/h1-34H. The van der Waals surface area contributed by atoms with E-state index in [1.165, 1.54) is 54.8 Å². The molecule has 9 aromatic carbocycles. The molecular weight excluding hydrogens is 693 g/mol. The molecule has 12 rings (SSSR count). The maximum atomic E-state index is 6.96. The van der Waals surface area contributed by atoms with E-state index in [0.717, 1.165) is 55.5 Å². The first-order valence-corrected chi connectivity index (χ1v) is 19.5. The summed E-state index contributed by atoms with van der Waals surface area (Å²) in [6.07, 6.45) is 0. The first kappa shape index (κ1) is 31.7. The van der Waals surface area contributed by atoms with Crippen LogP contribution in [0.4, 0.5) is 0 Å². The Hall–Kier alpha value is -7.62. The quantitative estimate of drug-likeness (QED) is 0.173. The summed E-state index contributed by atoms with van der Waals surface area (Å²) >= 11 is 0. The molecule has 3 heteroatoms. The van der Waals surface area contributed by atoms with E-state index in [0.29, 0.717) is 0 Å². The molecule has 12 aromatic rings. The van der Waals surface area contributed by atoms with Crippen LogP contribution >= 0.6 is 0 Å². The molecule has 0 aliphatic rings. The summed E-state index contributed by atoms with van der Waals surface area (Å²) in [6, 6.07) is 74.3. The van der Waals surface area contributed by atoms with Crippen LogP contribution in [-0.2, 0) is 0 Å². The van der Waals surface area contributed by atoms with Crippen molar-refractivity contribution < 1.29 is 4.42 Å². The van der Waals surface area contributed by atoms with Gasteiger partial charge in [0.25, 0.3) is 0 Å². The predicted octanol–water partition coefficient (Wildman–Crippen LogP) is 14.8. The summed E-state index contributed by atoms with van der Waals surface area (Å²) in [6.45, 7) is 0. The second-order valence-electron chi connectivity index (χ2n) is 14.9. The van der Waals surface area contributed by atoms with E-state index in [1.807, 2.05) is 0 Å². The third-order valence-electron chi connectivity index (χ3n) is 11.7. The maximum absolute atomic E-state index is 6.96. The molecule has 3 nitrogen and oxygen atoms in total. The molecule has 3 aromatic heterocycles. The highest BCUT2D eigenvalue weighted by molar-refractivity contribution is 6.20. The van der Waals surface area contributed by atoms with E-state index in [4.69, 9.17) is 4.42 Å². The van der Waals surface area contributed by atoms with E-state index in [9.17, 15) is 0 Å². The number of hydrogen-bond donors (Lipinski definition) is 0. The van der Waals surface area contributed by atoms with Gasteiger partial charge in [0, 0.05) is 43.6 Å². The van der Waals surface area contributed by atoms with Crippen LogP contribution < -0.4 is 0 Å².